The van der Waals surface area contributed by atoms with Crippen LogP contribution < -0.4 is 5.32 Å². The maximum Gasteiger partial charge on any atom is 0.317 e. The lowest BCUT2D eigenvalue weighted by atomic mass is 10.2. The van der Waals surface area contributed by atoms with Crippen molar-refractivity contribution in [1.82, 2.24) is 20.0 Å². The zero-order valence-electron chi connectivity index (χ0n) is 8.23. The molecular weight excluding hydrogens is 180 g/mol. The molecule has 0 aromatic carbocycles. The average molecular weight is 194 g/mol. The third kappa shape index (κ3) is 1.86. The summed E-state index contributed by atoms with van der Waals surface area (Å²) in [7, 11) is 1.89. The van der Waals surface area contributed by atoms with Gasteiger partial charge in [-0.2, -0.15) is 5.10 Å². The molecule has 0 atom stereocenters. The van der Waals surface area contributed by atoms with Crippen molar-refractivity contribution in [1.29, 1.82) is 0 Å². The summed E-state index contributed by atoms with van der Waals surface area (Å²) in [4.78, 5) is 13.0. The fourth-order valence-corrected chi connectivity index (χ4v) is 1.59. The Hall–Kier alpha value is -1.52. The minimum atomic E-state index is 0.0499. The number of amides is 2. The largest absolute Gasteiger partial charge is 0.336 e. The van der Waals surface area contributed by atoms with Gasteiger partial charge in [0.15, 0.2) is 0 Å². The molecule has 0 unspecified atom stereocenters. The van der Waals surface area contributed by atoms with Crippen molar-refractivity contribution in [3.05, 3.63) is 18.0 Å². The first-order valence-electron chi connectivity index (χ1n) is 4.76. The molecule has 1 aromatic rings. The second-order valence-corrected chi connectivity index (χ2v) is 3.49. The second kappa shape index (κ2) is 3.69. The predicted molar refractivity (Wildman–Crippen MR) is 51.9 cm³/mol. The van der Waals surface area contributed by atoms with Crippen LogP contribution in [0.4, 0.5) is 4.79 Å². The Morgan fingerprint density at radius 3 is 3.07 bits per heavy atom. The van der Waals surface area contributed by atoms with Crippen LogP contribution in [0.2, 0.25) is 0 Å². The van der Waals surface area contributed by atoms with Crippen molar-refractivity contribution in [2.45, 2.75) is 6.42 Å². The average Bonchev–Trinajstić information content (AvgIpc) is 2.72. The number of aromatic nitrogens is 2. The lowest BCUT2D eigenvalue weighted by Crippen LogP contribution is -2.29. The van der Waals surface area contributed by atoms with Gasteiger partial charge in [-0.15, -0.1) is 0 Å². The highest BCUT2D eigenvalue weighted by molar-refractivity contribution is 5.76. The van der Waals surface area contributed by atoms with Crippen LogP contribution in [0.1, 0.15) is 5.56 Å². The number of urea groups is 1. The fraction of sp³-hybridized carbons (Fsp3) is 0.556. The lowest BCUT2D eigenvalue weighted by molar-refractivity contribution is 0.218. The number of carbonyl (C=O) groups is 1. The molecule has 76 valence electrons. The normalized spacial score (nSPS) is 16.1. The van der Waals surface area contributed by atoms with E-state index in [1.165, 1.54) is 5.56 Å². The predicted octanol–water partition coefficient (Wildman–Crippen LogP) is -0.0122. The van der Waals surface area contributed by atoms with E-state index in [2.05, 4.69) is 10.4 Å². The molecule has 0 saturated carbocycles. The van der Waals surface area contributed by atoms with Gasteiger partial charge in [0, 0.05) is 32.9 Å². The van der Waals surface area contributed by atoms with Crippen molar-refractivity contribution >= 4 is 6.03 Å². The van der Waals surface area contributed by atoms with Crippen LogP contribution >= 0.6 is 0 Å². The second-order valence-electron chi connectivity index (χ2n) is 3.49. The number of carbonyl (C=O) groups excluding carboxylic acids is 1. The molecule has 1 N–H and O–H groups in total. The number of nitrogens with one attached hydrogen (secondary N) is 1. The van der Waals surface area contributed by atoms with Crippen LogP contribution in [0.25, 0.3) is 0 Å². The Labute approximate surface area is 82.7 Å². The number of hydrogen-bond donors (Lipinski definition) is 1. The molecule has 5 nitrogen and oxygen atoms in total. The topological polar surface area (TPSA) is 50.2 Å². The van der Waals surface area contributed by atoms with E-state index in [1.807, 2.05) is 24.3 Å². The molecule has 5 heteroatoms. The van der Waals surface area contributed by atoms with Gasteiger partial charge in [0.1, 0.15) is 0 Å². The van der Waals surface area contributed by atoms with Crippen LogP contribution in [0.15, 0.2) is 12.4 Å². The summed E-state index contributed by atoms with van der Waals surface area (Å²) in [5.41, 5.74) is 1.17. The Morgan fingerprint density at radius 2 is 2.50 bits per heavy atom. The minimum Gasteiger partial charge on any atom is -0.336 e. The van der Waals surface area contributed by atoms with Gasteiger partial charge in [0.2, 0.25) is 0 Å². The lowest BCUT2D eigenvalue weighted by Gasteiger charge is -2.12. The van der Waals surface area contributed by atoms with Crippen molar-refractivity contribution in [3.63, 3.8) is 0 Å². The van der Waals surface area contributed by atoms with Crippen LogP contribution in [-0.2, 0) is 13.5 Å². The summed E-state index contributed by atoms with van der Waals surface area (Å²) in [5, 5.41) is 6.86. The number of aryl methyl sites for hydroxylation is 1. The van der Waals surface area contributed by atoms with Gasteiger partial charge in [-0.3, -0.25) is 4.68 Å². The first-order chi connectivity index (χ1) is 6.75. The molecule has 14 heavy (non-hydrogen) atoms. The number of rotatable bonds is 3. The highest BCUT2D eigenvalue weighted by Crippen LogP contribution is 2.02. The monoisotopic (exact) mass is 194 g/mol. The zero-order chi connectivity index (χ0) is 9.97. The van der Waals surface area contributed by atoms with Crippen molar-refractivity contribution < 1.29 is 4.79 Å². The van der Waals surface area contributed by atoms with Crippen molar-refractivity contribution in [3.8, 4) is 0 Å². The Kier molecular flexibility index (Phi) is 2.39. The van der Waals surface area contributed by atoms with Gasteiger partial charge in [0.25, 0.3) is 0 Å². The summed E-state index contributed by atoms with van der Waals surface area (Å²) in [6.07, 6.45) is 4.70. The van der Waals surface area contributed by atoms with Gasteiger partial charge in [-0.1, -0.05) is 0 Å². The molecule has 2 heterocycles. The van der Waals surface area contributed by atoms with E-state index >= 15 is 0 Å². The van der Waals surface area contributed by atoms with E-state index in [4.69, 9.17) is 0 Å². The highest BCUT2D eigenvalue weighted by Gasteiger charge is 2.18. The maximum atomic E-state index is 11.2. The molecule has 1 aliphatic rings. The summed E-state index contributed by atoms with van der Waals surface area (Å²) >= 11 is 0. The van der Waals surface area contributed by atoms with E-state index in [0.29, 0.717) is 0 Å². The maximum absolute atomic E-state index is 11.2. The van der Waals surface area contributed by atoms with Gasteiger partial charge >= 0.3 is 6.03 Å². The molecule has 1 aliphatic heterocycles. The summed E-state index contributed by atoms with van der Waals surface area (Å²) in [5.74, 6) is 0. The molecule has 0 spiro atoms. The van der Waals surface area contributed by atoms with E-state index in [0.717, 1.165) is 26.1 Å². The van der Waals surface area contributed by atoms with Crippen LogP contribution in [0.5, 0.6) is 0 Å². The smallest absolute Gasteiger partial charge is 0.317 e. The molecule has 2 rings (SSSR count). The standard InChI is InChI=1S/C9H14N4O/c1-12-7-8(6-11-12)2-4-13-5-3-10-9(13)14/h6-7H,2-5H2,1H3,(H,10,14). The molecule has 0 radical (unpaired) electrons. The zero-order valence-corrected chi connectivity index (χ0v) is 8.23. The summed E-state index contributed by atoms with van der Waals surface area (Å²) in [6.45, 7) is 2.36. The fourth-order valence-electron chi connectivity index (χ4n) is 1.59. The molecular formula is C9H14N4O. The quantitative estimate of drug-likeness (QED) is 0.735. The van der Waals surface area contributed by atoms with Gasteiger partial charge in [0.05, 0.1) is 6.20 Å². The molecule has 1 fully saturated rings. The van der Waals surface area contributed by atoms with E-state index < -0.39 is 0 Å². The minimum absolute atomic E-state index is 0.0499. The van der Waals surface area contributed by atoms with E-state index in [9.17, 15) is 4.79 Å². The first kappa shape index (κ1) is 9.05. The van der Waals surface area contributed by atoms with E-state index in [1.54, 1.807) is 4.68 Å². The summed E-state index contributed by atoms with van der Waals surface area (Å²) < 4.78 is 1.78. The van der Waals surface area contributed by atoms with Crippen molar-refractivity contribution in [2.75, 3.05) is 19.6 Å². The Morgan fingerprint density at radius 1 is 1.64 bits per heavy atom. The third-order valence-electron chi connectivity index (χ3n) is 2.37. The van der Waals surface area contributed by atoms with Gasteiger partial charge < -0.3 is 10.2 Å². The van der Waals surface area contributed by atoms with Crippen LogP contribution in [-0.4, -0.2) is 40.3 Å². The van der Waals surface area contributed by atoms with Gasteiger partial charge in [-0.25, -0.2) is 4.79 Å². The van der Waals surface area contributed by atoms with Crippen LogP contribution in [0.3, 0.4) is 0 Å². The molecule has 0 bridgehead atoms. The molecule has 1 saturated heterocycles. The SMILES string of the molecule is Cn1cc(CCN2CCNC2=O)cn1. The first-order valence-corrected chi connectivity index (χ1v) is 4.76. The molecule has 0 aliphatic carbocycles. The van der Waals surface area contributed by atoms with Crippen LogP contribution in [0, 0.1) is 0 Å². The Balaban J connectivity index is 1.85. The highest BCUT2D eigenvalue weighted by atomic mass is 16.2. The van der Waals surface area contributed by atoms with E-state index in [-0.39, 0.29) is 6.03 Å². The van der Waals surface area contributed by atoms with Gasteiger partial charge in [-0.05, 0) is 12.0 Å². The molecule has 2 amide bonds. The number of nitrogens with zero attached hydrogens (tertiary/aromatic N) is 3. The Bertz CT molecular complexity index is 333. The summed E-state index contributed by atoms with van der Waals surface area (Å²) in [6, 6.07) is 0.0499. The van der Waals surface area contributed by atoms with Crippen molar-refractivity contribution in [2.24, 2.45) is 7.05 Å². The number of hydrogen-bond acceptors (Lipinski definition) is 2. The third-order valence-corrected chi connectivity index (χ3v) is 2.37. The molecule has 1 aromatic heterocycles.